The van der Waals surface area contributed by atoms with Crippen LogP contribution in [-0.4, -0.2) is 12.2 Å². The van der Waals surface area contributed by atoms with Crippen molar-refractivity contribution in [1.82, 2.24) is 0 Å². The molecule has 0 amide bonds. The van der Waals surface area contributed by atoms with E-state index in [1.165, 1.54) is 11.3 Å². The molecular formula is C12H11ClO2S. The summed E-state index contributed by atoms with van der Waals surface area (Å²) in [6.07, 6.45) is 0. The van der Waals surface area contributed by atoms with Gasteiger partial charge in [0.2, 0.25) is 0 Å². The zero-order valence-corrected chi connectivity index (χ0v) is 10.3. The summed E-state index contributed by atoms with van der Waals surface area (Å²) in [7, 11) is 1.64. The van der Waals surface area contributed by atoms with Crippen molar-refractivity contribution in [2.45, 2.75) is 5.56 Å². The van der Waals surface area contributed by atoms with Crippen LogP contribution >= 0.6 is 22.9 Å². The summed E-state index contributed by atoms with van der Waals surface area (Å²) in [5, 5.41) is 9.22. The maximum absolute atomic E-state index is 9.22. The fourth-order valence-corrected chi connectivity index (χ4v) is 2.47. The van der Waals surface area contributed by atoms with Crippen LogP contribution in [0.3, 0.4) is 0 Å². The van der Waals surface area contributed by atoms with E-state index in [4.69, 9.17) is 16.3 Å². The third kappa shape index (κ3) is 2.38. The molecule has 1 heterocycles. The van der Waals surface area contributed by atoms with Crippen molar-refractivity contribution in [1.29, 1.82) is 0 Å². The second kappa shape index (κ2) is 4.87. The number of hydrogen-bond acceptors (Lipinski definition) is 3. The van der Waals surface area contributed by atoms with Crippen LogP contribution in [0.1, 0.15) is 10.4 Å². The smallest absolute Gasteiger partial charge is 0.162 e. The van der Waals surface area contributed by atoms with Gasteiger partial charge in [0, 0.05) is 9.75 Å². The summed E-state index contributed by atoms with van der Waals surface area (Å²) in [5.41, 5.74) is 0.173. The molecule has 1 aromatic carbocycles. The highest BCUT2D eigenvalue weighted by atomic mass is 35.5. The van der Waals surface area contributed by atoms with E-state index in [0.717, 1.165) is 21.1 Å². The molecule has 0 fully saturated rings. The SMILES string of the molecule is COc1ccc(-c2ccc(C(O)Cl)s2)cc1. The van der Waals surface area contributed by atoms with Gasteiger partial charge in [-0.2, -0.15) is 0 Å². The first kappa shape index (κ1) is 11.5. The van der Waals surface area contributed by atoms with Crippen molar-refractivity contribution in [3.63, 3.8) is 0 Å². The molecule has 1 N–H and O–H groups in total. The third-order valence-electron chi connectivity index (χ3n) is 2.24. The first-order valence-corrected chi connectivity index (χ1v) is 6.02. The number of methoxy groups -OCH3 is 1. The lowest BCUT2D eigenvalue weighted by Gasteiger charge is -2.01. The quantitative estimate of drug-likeness (QED) is 0.848. The molecule has 2 nitrogen and oxygen atoms in total. The molecule has 4 heteroatoms. The van der Waals surface area contributed by atoms with Gasteiger partial charge in [-0.05, 0) is 42.0 Å². The molecule has 0 saturated heterocycles. The number of rotatable bonds is 3. The van der Waals surface area contributed by atoms with Crippen molar-refractivity contribution in [3.05, 3.63) is 41.3 Å². The second-order valence-corrected chi connectivity index (χ2v) is 4.80. The van der Waals surface area contributed by atoms with Crippen LogP contribution in [0.15, 0.2) is 36.4 Å². The fraction of sp³-hybridized carbons (Fsp3) is 0.167. The maximum atomic E-state index is 9.22. The Labute approximate surface area is 103 Å². The summed E-state index contributed by atoms with van der Waals surface area (Å²) >= 11 is 7.08. The molecule has 84 valence electrons. The maximum Gasteiger partial charge on any atom is 0.162 e. The highest BCUT2D eigenvalue weighted by Gasteiger charge is 2.08. The van der Waals surface area contributed by atoms with Crippen LogP contribution in [0.2, 0.25) is 0 Å². The Balaban J connectivity index is 2.28. The van der Waals surface area contributed by atoms with Gasteiger partial charge in [-0.25, -0.2) is 0 Å². The summed E-state index contributed by atoms with van der Waals surface area (Å²) in [5.74, 6) is 0.831. The number of benzene rings is 1. The minimum atomic E-state index is -0.919. The van der Waals surface area contributed by atoms with Gasteiger partial charge < -0.3 is 9.84 Å². The van der Waals surface area contributed by atoms with E-state index in [9.17, 15) is 5.11 Å². The first-order valence-electron chi connectivity index (χ1n) is 4.77. The van der Waals surface area contributed by atoms with Crippen molar-refractivity contribution in [2.24, 2.45) is 0 Å². The molecule has 0 saturated carbocycles. The average molecular weight is 255 g/mol. The standard InChI is InChI=1S/C12H11ClO2S/c1-15-9-4-2-8(3-5-9)10-6-7-11(16-10)12(13)14/h2-7,12,14H,1H3. The summed E-state index contributed by atoms with van der Waals surface area (Å²) in [6.45, 7) is 0. The highest BCUT2D eigenvalue weighted by Crippen LogP contribution is 2.33. The Bertz CT molecular complexity index is 462. The van der Waals surface area contributed by atoms with Crippen LogP contribution in [-0.2, 0) is 0 Å². The number of ether oxygens (including phenoxy) is 1. The Morgan fingerprint density at radius 1 is 1.19 bits per heavy atom. The molecule has 2 aromatic rings. The van der Waals surface area contributed by atoms with E-state index in [-0.39, 0.29) is 0 Å². The highest BCUT2D eigenvalue weighted by molar-refractivity contribution is 7.15. The van der Waals surface area contributed by atoms with Crippen LogP contribution in [0.25, 0.3) is 10.4 Å². The normalized spacial score (nSPS) is 12.4. The van der Waals surface area contributed by atoms with E-state index in [1.54, 1.807) is 7.11 Å². The number of thiophene rings is 1. The summed E-state index contributed by atoms with van der Waals surface area (Å²) in [4.78, 5) is 1.84. The van der Waals surface area contributed by atoms with Crippen molar-refractivity contribution < 1.29 is 9.84 Å². The molecule has 0 radical (unpaired) electrons. The molecule has 0 spiro atoms. The van der Waals surface area contributed by atoms with Crippen LogP contribution in [0.4, 0.5) is 0 Å². The topological polar surface area (TPSA) is 29.5 Å². The van der Waals surface area contributed by atoms with Crippen molar-refractivity contribution >= 4 is 22.9 Å². The largest absolute Gasteiger partial charge is 0.497 e. The number of alkyl halides is 1. The van der Waals surface area contributed by atoms with Gasteiger partial charge in [0.1, 0.15) is 5.75 Å². The zero-order valence-electron chi connectivity index (χ0n) is 8.68. The molecule has 1 unspecified atom stereocenters. The molecule has 0 bridgehead atoms. The fourth-order valence-electron chi connectivity index (χ4n) is 1.39. The Morgan fingerprint density at radius 2 is 1.88 bits per heavy atom. The van der Waals surface area contributed by atoms with Gasteiger partial charge in [0.05, 0.1) is 7.11 Å². The monoisotopic (exact) mass is 254 g/mol. The Kier molecular flexibility index (Phi) is 3.49. The number of hydrogen-bond donors (Lipinski definition) is 1. The van der Waals surface area contributed by atoms with Gasteiger partial charge in [-0.15, -0.1) is 11.3 Å². The first-order chi connectivity index (χ1) is 7.70. The van der Waals surface area contributed by atoms with Gasteiger partial charge in [-0.1, -0.05) is 11.6 Å². The van der Waals surface area contributed by atoms with Crippen LogP contribution in [0, 0.1) is 0 Å². The van der Waals surface area contributed by atoms with E-state index in [2.05, 4.69) is 0 Å². The zero-order chi connectivity index (χ0) is 11.5. The van der Waals surface area contributed by atoms with E-state index < -0.39 is 5.56 Å². The lowest BCUT2D eigenvalue weighted by Crippen LogP contribution is -1.81. The van der Waals surface area contributed by atoms with Crippen LogP contribution in [0.5, 0.6) is 5.75 Å². The molecule has 1 aromatic heterocycles. The average Bonchev–Trinajstić information content (AvgIpc) is 2.78. The summed E-state index contributed by atoms with van der Waals surface area (Å²) in [6, 6.07) is 11.6. The van der Waals surface area contributed by atoms with E-state index in [0.29, 0.717) is 0 Å². The summed E-state index contributed by atoms with van der Waals surface area (Å²) < 4.78 is 5.09. The van der Waals surface area contributed by atoms with Crippen LogP contribution < -0.4 is 4.74 Å². The molecule has 16 heavy (non-hydrogen) atoms. The van der Waals surface area contributed by atoms with Gasteiger partial charge in [-0.3, -0.25) is 0 Å². The van der Waals surface area contributed by atoms with E-state index in [1.807, 2.05) is 36.4 Å². The third-order valence-corrected chi connectivity index (χ3v) is 3.79. The van der Waals surface area contributed by atoms with Gasteiger partial charge >= 0.3 is 0 Å². The second-order valence-electron chi connectivity index (χ2n) is 3.27. The molecule has 0 aliphatic heterocycles. The molecule has 0 aliphatic rings. The molecule has 0 aliphatic carbocycles. The predicted octanol–water partition coefficient (Wildman–Crippen LogP) is 3.65. The minimum Gasteiger partial charge on any atom is -0.497 e. The van der Waals surface area contributed by atoms with Crippen molar-refractivity contribution in [2.75, 3.05) is 7.11 Å². The lowest BCUT2D eigenvalue weighted by molar-refractivity contribution is 0.266. The molecule has 2 rings (SSSR count). The van der Waals surface area contributed by atoms with Gasteiger partial charge in [0.25, 0.3) is 0 Å². The van der Waals surface area contributed by atoms with Gasteiger partial charge in [0.15, 0.2) is 5.56 Å². The molecular weight excluding hydrogens is 244 g/mol. The number of halogens is 1. The Morgan fingerprint density at radius 3 is 2.38 bits per heavy atom. The molecule has 1 atom stereocenters. The number of aliphatic hydroxyl groups excluding tert-OH is 1. The minimum absolute atomic E-state index is 0.757. The van der Waals surface area contributed by atoms with Crippen molar-refractivity contribution in [3.8, 4) is 16.2 Å². The lowest BCUT2D eigenvalue weighted by atomic mass is 10.2. The number of aliphatic hydroxyl groups is 1. The predicted molar refractivity (Wildman–Crippen MR) is 67.1 cm³/mol. The Hall–Kier alpha value is -1.03. The van der Waals surface area contributed by atoms with E-state index >= 15 is 0 Å².